The monoisotopic (exact) mass is 200 g/mol. The predicted octanol–water partition coefficient (Wildman–Crippen LogP) is 1.08. The van der Waals surface area contributed by atoms with Crippen LogP contribution >= 0.6 is 0 Å². The largest absolute Gasteiger partial charge is 0.390 e. The van der Waals surface area contributed by atoms with Crippen molar-refractivity contribution in [3.8, 4) is 0 Å². The van der Waals surface area contributed by atoms with Crippen LogP contribution in [0.4, 0.5) is 0 Å². The summed E-state index contributed by atoms with van der Waals surface area (Å²) in [5.41, 5.74) is 0. The van der Waals surface area contributed by atoms with Gasteiger partial charge < -0.3 is 14.9 Å². The molecule has 0 aromatic carbocycles. The molecule has 1 aliphatic carbocycles. The van der Waals surface area contributed by atoms with Crippen molar-refractivity contribution in [3.05, 3.63) is 0 Å². The summed E-state index contributed by atoms with van der Waals surface area (Å²) in [5, 5.41) is 19.3. The number of hydrogen-bond acceptors (Lipinski definition) is 3. The van der Waals surface area contributed by atoms with E-state index in [1.807, 2.05) is 0 Å². The van der Waals surface area contributed by atoms with Crippen LogP contribution < -0.4 is 0 Å². The van der Waals surface area contributed by atoms with Gasteiger partial charge in [0.2, 0.25) is 0 Å². The van der Waals surface area contributed by atoms with Crippen molar-refractivity contribution in [2.45, 2.75) is 56.8 Å². The standard InChI is InChI=1S/C11H20O3/c12-10(11(13)8-3-4-8)6-5-9-2-1-7-14-9/h8-13H,1-7H2. The quantitative estimate of drug-likeness (QED) is 0.698. The third-order valence-electron chi connectivity index (χ3n) is 3.31. The topological polar surface area (TPSA) is 49.7 Å². The first-order valence-corrected chi connectivity index (χ1v) is 5.75. The molecule has 2 N–H and O–H groups in total. The molecule has 3 nitrogen and oxygen atoms in total. The minimum atomic E-state index is -0.535. The van der Waals surface area contributed by atoms with Gasteiger partial charge in [-0.3, -0.25) is 0 Å². The SMILES string of the molecule is OC(CCC1CCCO1)C(O)C1CC1. The van der Waals surface area contributed by atoms with Crippen LogP contribution in [0, 0.1) is 5.92 Å². The van der Waals surface area contributed by atoms with Gasteiger partial charge >= 0.3 is 0 Å². The van der Waals surface area contributed by atoms with E-state index in [1.54, 1.807) is 0 Å². The van der Waals surface area contributed by atoms with Crippen LogP contribution in [0.1, 0.15) is 38.5 Å². The molecular weight excluding hydrogens is 180 g/mol. The second-order valence-corrected chi connectivity index (χ2v) is 4.61. The number of aliphatic hydroxyl groups excluding tert-OH is 2. The molecule has 2 rings (SSSR count). The van der Waals surface area contributed by atoms with Crippen molar-refractivity contribution in [2.75, 3.05) is 6.61 Å². The van der Waals surface area contributed by atoms with Gasteiger partial charge in [-0.05, 0) is 44.4 Å². The molecule has 2 fully saturated rings. The summed E-state index contributed by atoms with van der Waals surface area (Å²) < 4.78 is 5.47. The molecule has 1 saturated carbocycles. The Kier molecular flexibility index (Phi) is 3.42. The fourth-order valence-corrected chi connectivity index (χ4v) is 2.15. The van der Waals surface area contributed by atoms with Gasteiger partial charge in [0.05, 0.1) is 18.3 Å². The third-order valence-corrected chi connectivity index (χ3v) is 3.31. The lowest BCUT2D eigenvalue weighted by Crippen LogP contribution is -2.28. The Labute approximate surface area is 85.1 Å². The number of hydrogen-bond donors (Lipinski definition) is 2. The summed E-state index contributed by atoms with van der Waals surface area (Å²) in [6.45, 7) is 0.867. The second-order valence-electron chi connectivity index (χ2n) is 4.61. The highest BCUT2D eigenvalue weighted by molar-refractivity contribution is 4.85. The molecule has 2 aliphatic rings. The van der Waals surface area contributed by atoms with E-state index in [0.717, 1.165) is 38.7 Å². The molecule has 3 heteroatoms. The molecule has 0 aromatic rings. The molecule has 3 unspecified atom stereocenters. The van der Waals surface area contributed by atoms with Gasteiger partial charge in [0.1, 0.15) is 0 Å². The molecule has 82 valence electrons. The fourth-order valence-electron chi connectivity index (χ4n) is 2.15. The Balaban J connectivity index is 1.63. The van der Waals surface area contributed by atoms with E-state index in [4.69, 9.17) is 4.74 Å². The van der Waals surface area contributed by atoms with Gasteiger partial charge in [-0.1, -0.05) is 0 Å². The van der Waals surface area contributed by atoms with Crippen molar-refractivity contribution < 1.29 is 14.9 Å². The van der Waals surface area contributed by atoms with Crippen LogP contribution in [-0.2, 0) is 4.74 Å². The molecule has 0 bridgehead atoms. The zero-order valence-electron chi connectivity index (χ0n) is 8.56. The van der Waals surface area contributed by atoms with E-state index in [9.17, 15) is 10.2 Å². The van der Waals surface area contributed by atoms with E-state index in [-0.39, 0.29) is 0 Å². The first-order valence-electron chi connectivity index (χ1n) is 5.75. The molecule has 1 saturated heterocycles. The second kappa shape index (κ2) is 4.60. The molecule has 0 radical (unpaired) electrons. The van der Waals surface area contributed by atoms with E-state index in [0.29, 0.717) is 18.4 Å². The lowest BCUT2D eigenvalue weighted by molar-refractivity contribution is -0.00827. The van der Waals surface area contributed by atoms with Gasteiger partial charge in [-0.2, -0.15) is 0 Å². The molecule has 0 spiro atoms. The highest BCUT2D eigenvalue weighted by Crippen LogP contribution is 2.35. The fraction of sp³-hybridized carbons (Fsp3) is 1.00. The average Bonchev–Trinajstić information content (AvgIpc) is 2.91. The van der Waals surface area contributed by atoms with Gasteiger partial charge in [0.25, 0.3) is 0 Å². The van der Waals surface area contributed by atoms with Crippen LogP contribution in [0.5, 0.6) is 0 Å². The first kappa shape index (κ1) is 10.4. The Morgan fingerprint density at radius 3 is 2.57 bits per heavy atom. The van der Waals surface area contributed by atoms with Gasteiger partial charge in [-0.15, -0.1) is 0 Å². The van der Waals surface area contributed by atoms with Crippen molar-refractivity contribution in [2.24, 2.45) is 5.92 Å². The van der Waals surface area contributed by atoms with Crippen LogP contribution in [0.25, 0.3) is 0 Å². The summed E-state index contributed by atoms with van der Waals surface area (Å²) in [4.78, 5) is 0. The zero-order chi connectivity index (χ0) is 9.97. The van der Waals surface area contributed by atoms with Crippen molar-refractivity contribution in [3.63, 3.8) is 0 Å². The van der Waals surface area contributed by atoms with E-state index >= 15 is 0 Å². The summed E-state index contributed by atoms with van der Waals surface area (Å²) in [5.74, 6) is 0.370. The predicted molar refractivity (Wildman–Crippen MR) is 52.9 cm³/mol. The Hall–Kier alpha value is -0.120. The third kappa shape index (κ3) is 2.69. The van der Waals surface area contributed by atoms with Crippen molar-refractivity contribution >= 4 is 0 Å². The van der Waals surface area contributed by atoms with Crippen LogP contribution in [0.2, 0.25) is 0 Å². The average molecular weight is 200 g/mol. The highest BCUT2D eigenvalue weighted by Gasteiger charge is 2.34. The summed E-state index contributed by atoms with van der Waals surface area (Å²) in [6.07, 6.45) is 5.31. The maximum absolute atomic E-state index is 9.68. The molecule has 1 aliphatic heterocycles. The Morgan fingerprint density at radius 2 is 2.00 bits per heavy atom. The molecule has 14 heavy (non-hydrogen) atoms. The number of ether oxygens (including phenoxy) is 1. The molecule has 0 amide bonds. The number of rotatable bonds is 5. The summed E-state index contributed by atoms with van der Waals surface area (Å²) in [6, 6.07) is 0. The lowest BCUT2D eigenvalue weighted by Gasteiger charge is -2.18. The van der Waals surface area contributed by atoms with E-state index in [2.05, 4.69) is 0 Å². The Morgan fingerprint density at radius 1 is 1.21 bits per heavy atom. The zero-order valence-corrected chi connectivity index (χ0v) is 8.56. The Bertz CT molecular complexity index is 173. The van der Waals surface area contributed by atoms with Gasteiger partial charge in [0, 0.05) is 6.61 Å². The summed E-state index contributed by atoms with van der Waals surface area (Å²) >= 11 is 0. The molecule has 0 aromatic heterocycles. The minimum absolute atomic E-state index is 0.330. The van der Waals surface area contributed by atoms with Gasteiger partial charge in [-0.25, -0.2) is 0 Å². The first-order chi connectivity index (χ1) is 6.77. The smallest absolute Gasteiger partial charge is 0.0827 e. The van der Waals surface area contributed by atoms with Crippen LogP contribution in [0.15, 0.2) is 0 Å². The minimum Gasteiger partial charge on any atom is -0.390 e. The van der Waals surface area contributed by atoms with Crippen LogP contribution in [-0.4, -0.2) is 35.1 Å². The number of aliphatic hydroxyl groups is 2. The van der Waals surface area contributed by atoms with Crippen molar-refractivity contribution in [1.29, 1.82) is 0 Å². The van der Waals surface area contributed by atoms with E-state index in [1.165, 1.54) is 0 Å². The highest BCUT2D eigenvalue weighted by atomic mass is 16.5. The molecule has 3 atom stereocenters. The van der Waals surface area contributed by atoms with E-state index < -0.39 is 12.2 Å². The van der Waals surface area contributed by atoms with Gasteiger partial charge in [0.15, 0.2) is 0 Å². The lowest BCUT2D eigenvalue weighted by atomic mass is 10.0. The molecular formula is C11H20O3. The van der Waals surface area contributed by atoms with Crippen molar-refractivity contribution in [1.82, 2.24) is 0 Å². The maximum atomic E-state index is 9.68. The normalized spacial score (nSPS) is 31.7. The summed E-state index contributed by atoms with van der Waals surface area (Å²) in [7, 11) is 0. The maximum Gasteiger partial charge on any atom is 0.0827 e. The molecule has 1 heterocycles. The van der Waals surface area contributed by atoms with Crippen LogP contribution in [0.3, 0.4) is 0 Å².